The molecule has 0 saturated heterocycles. The van der Waals surface area contributed by atoms with E-state index < -0.39 is 0 Å². The first kappa shape index (κ1) is 26.2. The molecule has 2 aromatic carbocycles. The molecule has 10 heteroatoms. The summed E-state index contributed by atoms with van der Waals surface area (Å²) in [5.74, 6) is 0.607. The molecule has 0 aliphatic rings. The molecular formula is C23H17Cl2CoN5O2. The van der Waals surface area contributed by atoms with Gasteiger partial charge in [0.15, 0.2) is 11.6 Å². The quantitative estimate of drug-likeness (QED) is 0.279. The minimum Gasteiger partial charge on any atom is -1.00 e. The second kappa shape index (κ2) is 10.3. The van der Waals surface area contributed by atoms with Crippen molar-refractivity contribution in [1.82, 2.24) is 24.1 Å². The molecule has 0 fully saturated rings. The Kier molecular flexibility index (Phi) is 8.15. The van der Waals surface area contributed by atoms with E-state index in [2.05, 4.69) is 9.97 Å². The molecule has 0 unspecified atom stereocenters. The van der Waals surface area contributed by atoms with Gasteiger partial charge in [-0.2, -0.15) is 0 Å². The van der Waals surface area contributed by atoms with Crippen LogP contribution in [0.25, 0.3) is 45.1 Å². The summed E-state index contributed by atoms with van der Waals surface area (Å²) in [4.78, 5) is 38.7. The number of fused-ring (bicyclic) bond motifs is 2. The topological polar surface area (TPSA) is 82.7 Å². The van der Waals surface area contributed by atoms with Crippen molar-refractivity contribution in [2.45, 2.75) is 13.8 Å². The largest absolute Gasteiger partial charge is 2.00 e. The smallest absolute Gasteiger partial charge is 1.00 e. The van der Waals surface area contributed by atoms with Crippen molar-refractivity contribution in [3.63, 3.8) is 0 Å². The summed E-state index contributed by atoms with van der Waals surface area (Å²) in [7, 11) is 0. The third kappa shape index (κ3) is 4.43. The van der Waals surface area contributed by atoms with E-state index in [0.717, 1.165) is 11.0 Å². The molecule has 0 N–H and O–H groups in total. The van der Waals surface area contributed by atoms with Crippen molar-refractivity contribution in [1.29, 1.82) is 0 Å². The number of rotatable bonds is 2. The van der Waals surface area contributed by atoms with Crippen molar-refractivity contribution in [2.24, 2.45) is 0 Å². The van der Waals surface area contributed by atoms with E-state index in [1.54, 1.807) is 21.3 Å². The number of carbonyl (C=O) groups excluding carboxylic acids is 2. The molecule has 3 aromatic heterocycles. The van der Waals surface area contributed by atoms with Crippen molar-refractivity contribution < 1.29 is 51.2 Å². The average Bonchev–Trinajstić information content (AvgIpc) is 3.33. The molecule has 0 aliphatic heterocycles. The standard InChI is InChI=1S/C23H17N5O2.2ClH.Co/c1-14(29)27-20-12-5-3-8-16(20)25-22(27)18-10-7-11-19(24-18)23-26-17-9-4-6-13-21(17)28(23)15(2)30;;;/h3-13H,1-2H3;2*1H;/q;;;+2/p-2. The minimum absolute atomic E-state index is 0. The molecule has 7 nitrogen and oxygen atoms in total. The van der Waals surface area contributed by atoms with Gasteiger partial charge in [-0.15, -0.1) is 0 Å². The van der Waals surface area contributed by atoms with Gasteiger partial charge in [-0.1, -0.05) is 30.3 Å². The summed E-state index contributed by atoms with van der Waals surface area (Å²) in [6.45, 7) is 2.99. The van der Waals surface area contributed by atoms with Crippen LogP contribution in [0.3, 0.4) is 0 Å². The van der Waals surface area contributed by atoms with Gasteiger partial charge in [0.1, 0.15) is 11.4 Å². The number of halogens is 2. The number of para-hydroxylation sites is 4. The Bertz CT molecular complexity index is 1370. The molecule has 169 valence electrons. The molecule has 0 spiro atoms. The number of carbonyl (C=O) groups is 2. The van der Waals surface area contributed by atoms with Crippen LogP contribution in [0.15, 0.2) is 66.7 Å². The van der Waals surface area contributed by atoms with Crippen molar-refractivity contribution >= 4 is 33.9 Å². The molecule has 0 amide bonds. The summed E-state index contributed by atoms with van der Waals surface area (Å²) < 4.78 is 3.10. The number of pyridine rings is 1. The summed E-state index contributed by atoms with van der Waals surface area (Å²) in [5.41, 5.74) is 3.94. The minimum atomic E-state index is -0.151. The van der Waals surface area contributed by atoms with Gasteiger partial charge in [0.2, 0.25) is 11.8 Å². The second-order valence-electron chi connectivity index (χ2n) is 6.97. The molecule has 5 aromatic rings. The van der Waals surface area contributed by atoms with Gasteiger partial charge < -0.3 is 24.8 Å². The van der Waals surface area contributed by atoms with E-state index in [1.165, 1.54) is 13.8 Å². The van der Waals surface area contributed by atoms with E-state index in [4.69, 9.17) is 4.98 Å². The Morgan fingerprint density at radius 3 is 1.39 bits per heavy atom. The third-order valence-corrected chi connectivity index (χ3v) is 4.96. The van der Waals surface area contributed by atoms with Gasteiger partial charge >= 0.3 is 16.8 Å². The number of aromatic nitrogens is 5. The number of hydrogen-bond acceptors (Lipinski definition) is 5. The Hall–Kier alpha value is -3.04. The van der Waals surface area contributed by atoms with E-state index in [-0.39, 0.29) is 53.4 Å². The molecule has 33 heavy (non-hydrogen) atoms. The Morgan fingerprint density at radius 2 is 1.00 bits per heavy atom. The molecule has 0 saturated carbocycles. The van der Waals surface area contributed by atoms with Crippen LogP contribution in [0, 0.1) is 0 Å². The van der Waals surface area contributed by atoms with Crippen LogP contribution >= 0.6 is 0 Å². The molecule has 0 aliphatic carbocycles. The molecule has 5 rings (SSSR count). The summed E-state index contributed by atoms with van der Waals surface area (Å²) >= 11 is 0. The fraction of sp³-hybridized carbons (Fsp3) is 0.0870. The van der Waals surface area contributed by atoms with Gasteiger partial charge in [0.25, 0.3) is 0 Å². The van der Waals surface area contributed by atoms with Crippen molar-refractivity contribution in [3.8, 4) is 23.0 Å². The molecule has 3 heterocycles. The summed E-state index contributed by atoms with van der Waals surface area (Å²) in [6.07, 6.45) is 0. The zero-order chi connectivity index (χ0) is 20.8. The van der Waals surface area contributed by atoms with Crippen LogP contribution in [-0.2, 0) is 16.8 Å². The maximum Gasteiger partial charge on any atom is 2.00 e. The van der Waals surface area contributed by atoms with Crippen LogP contribution < -0.4 is 24.8 Å². The summed E-state index contributed by atoms with van der Waals surface area (Å²) in [6, 6.07) is 20.3. The fourth-order valence-corrected chi connectivity index (χ4v) is 3.72. The maximum atomic E-state index is 12.4. The third-order valence-electron chi connectivity index (χ3n) is 4.96. The van der Waals surface area contributed by atoms with Gasteiger partial charge in [-0.25, -0.2) is 15.0 Å². The van der Waals surface area contributed by atoms with Gasteiger partial charge in [0, 0.05) is 13.8 Å². The van der Waals surface area contributed by atoms with Crippen LogP contribution in [0.4, 0.5) is 0 Å². The summed E-state index contributed by atoms with van der Waals surface area (Å²) in [5, 5.41) is 0. The Labute approximate surface area is 212 Å². The zero-order valence-corrected chi connectivity index (χ0v) is 20.0. The normalized spacial score (nSPS) is 10.2. The van der Waals surface area contributed by atoms with Crippen molar-refractivity contribution in [3.05, 3.63) is 66.7 Å². The van der Waals surface area contributed by atoms with E-state index in [9.17, 15) is 9.59 Å². The number of imidazole rings is 2. The maximum absolute atomic E-state index is 12.4. The first-order valence-electron chi connectivity index (χ1n) is 9.49. The number of hydrogen-bond donors (Lipinski definition) is 0. The zero-order valence-electron chi connectivity index (χ0n) is 17.5. The number of nitrogens with zero attached hydrogens (tertiary/aromatic N) is 5. The van der Waals surface area contributed by atoms with E-state index in [0.29, 0.717) is 34.1 Å². The average molecular weight is 525 g/mol. The monoisotopic (exact) mass is 524 g/mol. The van der Waals surface area contributed by atoms with Crippen LogP contribution in [0.5, 0.6) is 0 Å². The van der Waals surface area contributed by atoms with Crippen LogP contribution in [-0.4, -0.2) is 35.9 Å². The SMILES string of the molecule is CC(=O)n1c(-c2cccc(-c3nc4ccccc4n3C(C)=O)n2)nc2ccccc21.[Cl-].[Cl-].[Co+2]. The van der Waals surface area contributed by atoms with Crippen LogP contribution in [0.1, 0.15) is 23.4 Å². The van der Waals surface area contributed by atoms with E-state index >= 15 is 0 Å². The van der Waals surface area contributed by atoms with Gasteiger partial charge in [0.05, 0.1) is 22.1 Å². The number of benzene rings is 2. The molecule has 0 bridgehead atoms. The molecular weight excluding hydrogens is 508 g/mol. The molecule has 0 atom stereocenters. The van der Waals surface area contributed by atoms with Gasteiger partial charge in [-0.3, -0.25) is 18.7 Å². The Morgan fingerprint density at radius 1 is 0.606 bits per heavy atom. The predicted molar refractivity (Wildman–Crippen MR) is 114 cm³/mol. The second-order valence-corrected chi connectivity index (χ2v) is 6.97. The first-order chi connectivity index (χ1) is 14.5. The van der Waals surface area contributed by atoms with E-state index in [1.807, 2.05) is 54.6 Å². The predicted octanol–water partition coefficient (Wildman–Crippen LogP) is -1.56. The van der Waals surface area contributed by atoms with Crippen LogP contribution in [0.2, 0.25) is 0 Å². The molecule has 1 radical (unpaired) electrons. The van der Waals surface area contributed by atoms with Crippen molar-refractivity contribution in [2.75, 3.05) is 0 Å². The van der Waals surface area contributed by atoms with Gasteiger partial charge in [-0.05, 0) is 36.4 Å². The first-order valence-corrected chi connectivity index (χ1v) is 9.49. The fourth-order valence-electron chi connectivity index (χ4n) is 3.72. The Balaban J connectivity index is 0.00000128.